The monoisotopic (exact) mass is 570 g/mol. The van der Waals surface area contributed by atoms with Gasteiger partial charge in [-0.05, 0) is 57.2 Å². The molecule has 0 aromatic carbocycles. The largest absolute Gasteiger partial charge is 0.468 e. The molecule has 228 valence electrons. The molecular formula is C30H49F3N4O3. The van der Waals surface area contributed by atoms with Crippen LogP contribution < -0.4 is 10.5 Å². The van der Waals surface area contributed by atoms with E-state index in [-0.39, 0.29) is 5.88 Å². The van der Waals surface area contributed by atoms with E-state index < -0.39 is 12.8 Å². The summed E-state index contributed by atoms with van der Waals surface area (Å²) in [6.07, 6.45) is 4.46. The van der Waals surface area contributed by atoms with E-state index >= 15 is 0 Å². The maximum atomic E-state index is 12.3. The van der Waals surface area contributed by atoms with E-state index in [9.17, 15) is 13.2 Å². The van der Waals surface area contributed by atoms with Gasteiger partial charge < -0.3 is 24.6 Å². The zero-order chi connectivity index (χ0) is 30.4. The second-order valence-electron chi connectivity index (χ2n) is 8.80. The van der Waals surface area contributed by atoms with E-state index in [1.807, 2.05) is 32.9 Å². The van der Waals surface area contributed by atoms with Crippen molar-refractivity contribution in [3.63, 3.8) is 0 Å². The molecule has 1 fully saturated rings. The van der Waals surface area contributed by atoms with Gasteiger partial charge in [-0.3, -0.25) is 0 Å². The Kier molecular flexibility index (Phi) is 20.3. The van der Waals surface area contributed by atoms with Crippen molar-refractivity contribution < 1.29 is 27.2 Å². The molecule has 7 nitrogen and oxygen atoms in total. The van der Waals surface area contributed by atoms with Crippen LogP contribution in [0.5, 0.6) is 5.88 Å². The lowest BCUT2D eigenvalue weighted by Crippen LogP contribution is -2.31. The fraction of sp³-hybridized carbons (Fsp3) is 0.600. The first kappa shape index (κ1) is 37.1. The summed E-state index contributed by atoms with van der Waals surface area (Å²) in [6.45, 7) is 19.5. The highest BCUT2D eigenvalue weighted by Gasteiger charge is 2.29. The zero-order valence-corrected chi connectivity index (χ0v) is 24.8. The highest BCUT2D eigenvalue weighted by molar-refractivity contribution is 5.27. The molecule has 0 bridgehead atoms. The first-order valence-corrected chi connectivity index (χ1v) is 14.0. The number of halogens is 3. The minimum atomic E-state index is -4.34. The number of ether oxygens (including phenoxy) is 2. The molecule has 0 aliphatic carbocycles. The van der Waals surface area contributed by atoms with Crippen LogP contribution in [0, 0.1) is 6.92 Å². The van der Waals surface area contributed by atoms with Crippen molar-refractivity contribution in [2.24, 2.45) is 5.73 Å². The molecule has 2 aliphatic rings. The lowest BCUT2D eigenvalue weighted by atomic mass is 10.1. The van der Waals surface area contributed by atoms with Gasteiger partial charge in [0.1, 0.15) is 5.76 Å². The Morgan fingerprint density at radius 2 is 1.85 bits per heavy atom. The molecule has 4 rings (SSSR count). The summed E-state index contributed by atoms with van der Waals surface area (Å²) in [5, 5.41) is 3.76. The molecule has 2 aromatic rings. The van der Waals surface area contributed by atoms with Gasteiger partial charge in [-0.1, -0.05) is 38.6 Å². The van der Waals surface area contributed by atoms with Crippen molar-refractivity contribution in [1.82, 2.24) is 15.0 Å². The number of fused-ring (bicyclic) bond motifs is 1. The Labute approximate surface area is 238 Å². The minimum Gasteiger partial charge on any atom is -0.468 e. The van der Waals surface area contributed by atoms with Gasteiger partial charge in [-0.2, -0.15) is 13.2 Å². The molecule has 0 saturated carbocycles. The van der Waals surface area contributed by atoms with Gasteiger partial charge in [0.2, 0.25) is 5.88 Å². The molecule has 1 saturated heterocycles. The molecule has 40 heavy (non-hydrogen) atoms. The smallest absolute Gasteiger partial charge is 0.422 e. The van der Waals surface area contributed by atoms with Crippen molar-refractivity contribution in [2.45, 2.75) is 84.9 Å². The number of aromatic nitrogens is 2. The number of pyridine rings is 1. The maximum absolute atomic E-state index is 12.3. The molecule has 2 aromatic heterocycles. The third kappa shape index (κ3) is 16.3. The topological polar surface area (TPSA) is 86.6 Å². The van der Waals surface area contributed by atoms with Crippen LogP contribution in [0.1, 0.15) is 69.2 Å². The normalized spacial score (nSPS) is 16.4. The van der Waals surface area contributed by atoms with Crippen LogP contribution in [-0.4, -0.2) is 60.2 Å². The molecule has 10 heteroatoms. The summed E-state index contributed by atoms with van der Waals surface area (Å²) in [7, 11) is 0. The van der Waals surface area contributed by atoms with Gasteiger partial charge in [0.15, 0.2) is 6.61 Å². The van der Waals surface area contributed by atoms with Crippen LogP contribution in [0.3, 0.4) is 0 Å². The third-order valence-corrected chi connectivity index (χ3v) is 5.87. The van der Waals surface area contributed by atoms with Gasteiger partial charge >= 0.3 is 6.18 Å². The van der Waals surface area contributed by atoms with Gasteiger partial charge in [0, 0.05) is 50.5 Å². The Morgan fingerprint density at radius 3 is 2.38 bits per heavy atom. The molecule has 1 atom stereocenters. The van der Waals surface area contributed by atoms with E-state index in [4.69, 9.17) is 14.0 Å². The SMILES string of the molecule is C=C.C=CN.CC.CCc1cc(C)on1.FC(F)(F)COc1ccc2c(n1)CCN(CC[C@H]1CCCCO1)CC2. The van der Waals surface area contributed by atoms with E-state index in [0.29, 0.717) is 6.10 Å². The van der Waals surface area contributed by atoms with Crippen LogP contribution in [0.25, 0.3) is 0 Å². The maximum Gasteiger partial charge on any atom is 0.422 e. The average Bonchev–Trinajstić information content (AvgIpc) is 3.29. The number of nitrogens with zero attached hydrogens (tertiary/aromatic N) is 3. The number of hydrogen-bond donors (Lipinski definition) is 1. The Hall–Kier alpha value is -2.85. The number of hydrogen-bond acceptors (Lipinski definition) is 7. The van der Waals surface area contributed by atoms with Crippen LogP contribution >= 0.6 is 0 Å². The summed E-state index contributed by atoms with van der Waals surface area (Å²) in [6, 6.07) is 5.33. The lowest BCUT2D eigenvalue weighted by molar-refractivity contribution is -0.154. The summed E-state index contributed by atoms with van der Waals surface area (Å²) in [5.41, 5.74) is 7.61. The highest BCUT2D eigenvalue weighted by Crippen LogP contribution is 2.22. The minimum absolute atomic E-state index is 0.0557. The van der Waals surface area contributed by atoms with Crippen LogP contribution in [0.4, 0.5) is 13.2 Å². The molecular weight excluding hydrogens is 521 g/mol. The fourth-order valence-electron chi connectivity index (χ4n) is 4.01. The second kappa shape index (κ2) is 21.9. The highest BCUT2D eigenvalue weighted by atomic mass is 19.4. The number of nitrogens with two attached hydrogens (primary N) is 1. The first-order chi connectivity index (χ1) is 19.2. The first-order valence-electron chi connectivity index (χ1n) is 14.0. The lowest BCUT2D eigenvalue weighted by Gasteiger charge is -2.26. The van der Waals surface area contributed by atoms with Crippen molar-refractivity contribution in [2.75, 3.05) is 32.8 Å². The molecule has 0 spiro atoms. The second-order valence-corrected chi connectivity index (χ2v) is 8.80. The molecule has 0 unspecified atom stereocenters. The Morgan fingerprint density at radius 1 is 1.18 bits per heavy atom. The van der Waals surface area contributed by atoms with Crippen molar-refractivity contribution in [3.05, 3.63) is 66.8 Å². The molecule has 2 aliphatic heterocycles. The van der Waals surface area contributed by atoms with E-state index in [1.165, 1.54) is 25.1 Å². The summed E-state index contributed by atoms with van der Waals surface area (Å²) < 4.78 is 52.2. The number of aryl methyl sites for hydroxylation is 2. The molecule has 4 heterocycles. The third-order valence-electron chi connectivity index (χ3n) is 5.87. The quantitative estimate of drug-likeness (QED) is 0.380. The van der Waals surface area contributed by atoms with E-state index in [1.54, 1.807) is 0 Å². The number of alkyl halides is 3. The summed E-state index contributed by atoms with van der Waals surface area (Å²) >= 11 is 0. The number of rotatable bonds is 6. The van der Waals surface area contributed by atoms with Crippen molar-refractivity contribution in [3.8, 4) is 5.88 Å². The standard InChI is InChI=1S/C18H25F3N2O2.C6H9NO.C2H5N.C2H6.C2H4/c19-18(20,21)13-25-17-5-4-14-6-9-23(11-8-16(14)22-17)10-7-15-3-1-2-12-24-15;1-3-6-4-5(2)8-7-6;1-2-3;2*1-2/h4-5,15H,1-3,6-13H2;4H,3H2,1-2H3;2H,1,3H2;1-2H3;1-2H2/t15-;;;;/m1..../s1. The van der Waals surface area contributed by atoms with Gasteiger partial charge in [0.05, 0.1) is 11.8 Å². The summed E-state index contributed by atoms with van der Waals surface area (Å²) in [5.74, 6) is 0.946. The predicted molar refractivity (Wildman–Crippen MR) is 155 cm³/mol. The van der Waals surface area contributed by atoms with E-state index in [2.05, 4.69) is 47.4 Å². The Balaban J connectivity index is 0.000000841. The Bertz CT molecular complexity index is 916. The van der Waals surface area contributed by atoms with Crippen LogP contribution in [0.2, 0.25) is 0 Å². The average molecular weight is 571 g/mol. The molecule has 2 N–H and O–H groups in total. The van der Waals surface area contributed by atoms with Crippen LogP contribution in [-0.2, 0) is 24.0 Å². The summed E-state index contributed by atoms with van der Waals surface area (Å²) in [4.78, 5) is 6.69. The molecule has 0 radical (unpaired) electrons. The van der Waals surface area contributed by atoms with Crippen LogP contribution in [0.15, 0.2) is 48.7 Å². The zero-order valence-electron chi connectivity index (χ0n) is 24.8. The van der Waals surface area contributed by atoms with Crippen molar-refractivity contribution >= 4 is 0 Å². The van der Waals surface area contributed by atoms with Gasteiger partial charge in [-0.25, -0.2) is 4.98 Å². The molecule has 0 amide bonds. The van der Waals surface area contributed by atoms with Gasteiger partial charge in [0.25, 0.3) is 0 Å². The van der Waals surface area contributed by atoms with E-state index in [0.717, 1.165) is 81.1 Å². The van der Waals surface area contributed by atoms with Gasteiger partial charge in [-0.15, -0.1) is 13.2 Å². The fourth-order valence-corrected chi connectivity index (χ4v) is 4.01. The van der Waals surface area contributed by atoms with Crippen molar-refractivity contribution in [1.29, 1.82) is 0 Å². The predicted octanol–water partition coefficient (Wildman–Crippen LogP) is 6.84.